The molecule has 0 spiro atoms. The minimum absolute atomic E-state index is 0.0126. The molecule has 2 aromatic rings. The molecule has 94 valence electrons. The molecule has 3 heterocycles. The average molecular weight is 280 g/mol. The predicted octanol–water partition coefficient (Wildman–Crippen LogP) is 1.96. The third-order valence-electron chi connectivity index (χ3n) is 2.77. The van der Waals surface area contributed by atoms with Gasteiger partial charge in [0.05, 0.1) is 10.9 Å². The van der Waals surface area contributed by atoms with Gasteiger partial charge in [-0.05, 0) is 30.8 Å². The molecule has 7 heteroatoms. The highest BCUT2D eigenvalue weighted by Gasteiger charge is 2.23. The number of anilines is 1. The number of amides is 1. The van der Waals surface area contributed by atoms with Crippen molar-refractivity contribution >= 4 is 33.9 Å². The van der Waals surface area contributed by atoms with Crippen molar-refractivity contribution < 1.29 is 4.79 Å². The van der Waals surface area contributed by atoms with Gasteiger partial charge >= 0.3 is 0 Å². The van der Waals surface area contributed by atoms with E-state index in [4.69, 9.17) is 0 Å². The lowest BCUT2D eigenvalue weighted by Gasteiger charge is -2.07. The van der Waals surface area contributed by atoms with Crippen LogP contribution in [0.3, 0.4) is 0 Å². The second kappa shape index (κ2) is 5.13. The molecule has 0 unspecified atom stereocenters. The molecule has 1 amide bonds. The smallest absolute Gasteiger partial charge is 0.243 e. The molecule has 5 nitrogen and oxygen atoms in total. The summed E-state index contributed by atoms with van der Waals surface area (Å²) in [6.45, 7) is 0.911. The fourth-order valence-electron chi connectivity index (χ4n) is 1.88. The van der Waals surface area contributed by atoms with E-state index >= 15 is 0 Å². The Labute approximate surface area is 112 Å². The Hall–Kier alpha value is -1.31. The predicted molar refractivity (Wildman–Crippen MR) is 72.9 cm³/mol. The summed E-state index contributed by atoms with van der Waals surface area (Å²) in [7, 11) is 0. The largest absolute Gasteiger partial charge is 0.306 e. The zero-order valence-corrected chi connectivity index (χ0v) is 11.2. The average Bonchev–Trinajstić information content (AvgIpc) is 3.12. The molecule has 1 aliphatic heterocycles. The lowest BCUT2D eigenvalue weighted by atomic mass is 10.2. The maximum absolute atomic E-state index is 11.9. The summed E-state index contributed by atoms with van der Waals surface area (Å²) in [5.41, 5.74) is 0. The number of carbonyl (C=O) groups excluding carboxylic acids is 1. The molecule has 0 aliphatic carbocycles. The van der Waals surface area contributed by atoms with Crippen LogP contribution in [-0.2, 0) is 4.79 Å². The monoisotopic (exact) mass is 280 g/mol. The van der Waals surface area contributed by atoms with Gasteiger partial charge in [0, 0.05) is 11.5 Å². The Morgan fingerprint density at radius 1 is 1.56 bits per heavy atom. The van der Waals surface area contributed by atoms with Crippen molar-refractivity contribution in [2.75, 3.05) is 11.9 Å². The first-order chi connectivity index (χ1) is 8.83. The van der Waals surface area contributed by atoms with Gasteiger partial charge in [-0.3, -0.25) is 10.1 Å². The van der Waals surface area contributed by atoms with Crippen LogP contribution in [0, 0.1) is 0 Å². The highest BCUT2D eigenvalue weighted by molar-refractivity contribution is 7.14. The van der Waals surface area contributed by atoms with Gasteiger partial charge in [-0.2, -0.15) is 9.36 Å². The first-order valence-corrected chi connectivity index (χ1v) is 7.40. The Bertz CT molecular complexity index is 531. The molecule has 1 fully saturated rings. The van der Waals surface area contributed by atoms with Crippen LogP contribution in [0.15, 0.2) is 17.5 Å². The van der Waals surface area contributed by atoms with Crippen LogP contribution >= 0.6 is 22.9 Å². The molecule has 2 aromatic heterocycles. The van der Waals surface area contributed by atoms with Gasteiger partial charge in [-0.25, -0.2) is 0 Å². The molecule has 0 bridgehead atoms. The molecule has 2 N–H and O–H groups in total. The molecule has 3 rings (SSSR count). The highest BCUT2D eigenvalue weighted by Crippen LogP contribution is 2.25. The molecule has 1 saturated heterocycles. The summed E-state index contributed by atoms with van der Waals surface area (Å²) in [4.78, 5) is 17.2. The first-order valence-electron chi connectivity index (χ1n) is 5.75. The van der Waals surface area contributed by atoms with E-state index in [2.05, 4.69) is 20.0 Å². The quantitative estimate of drug-likeness (QED) is 0.902. The van der Waals surface area contributed by atoms with Crippen LogP contribution in [0.25, 0.3) is 10.7 Å². The Balaban J connectivity index is 1.68. The number of carbonyl (C=O) groups is 1. The van der Waals surface area contributed by atoms with Gasteiger partial charge in [0.25, 0.3) is 0 Å². The van der Waals surface area contributed by atoms with Crippen molar-refractivity contribution in [3.05, 3.63) is 17.5 Å². The summed E-state index contributed by atoms with van der Waals surface area (Å²) >= 11 is 2.81. The van der Waals surface area contributed by atoms with Gasteiger partial charge in [0.1, 0.15) is 0 Å². The van der Waals surface area contributed by atoms with Gasteiger partial charge in [-0.1, -0.05) is 6.07 Å². The van der Waals surface area contributed by atoms with E-state index in [0.717, 1.165) is 24.3 Å². The van der Waals surface area contributed by atoms with Gasteiger partial charge in [0.2, 0.25) is 11.0 Å². The summed E-state index contributed by atoms with van der Waals surface area (Å²) in [6, 6.07) is 3.84. The summed E-state index contributed by atoms with van der Waals surface area (Å²) in [5.74, 6) is 0.672. The Kier molecular flexibility index (Phi) is 3.35. The number of hydrogen-bond donors (Lipinski definition) is 2. The van der Waals surface area contributed by atoms with Crippen LogP contribution < -0.4 is 10.6 Å². The lowest BCUT2D eigenvalue weighted by Crippen LogP contribution is -2.35. The zero-order valence-electron chi connectivity index (χ0n) is 9.55. The van der Waals surface area contributed by atoms with Gasteiger partial charge < -0.3 is 5.32 Å². The fraction of sp³-hybridized carbons (Fsp3) is 0.364. The number of aromatic nitrogens is 2. The standard InChI is InChI=1S/C11H12N4OS2/c16-10(7-3-1-5-12-7)14-11-13-9(15-18-11)8-4-2-6-17-8/h2,4,6-7,12H,1,3,5H2,(H,13,14,15,16)/t7-/m1/s1. The second-order valence-electron chi connectivity index (χ2n) is 4.04. The van der Waals surface area contributed by atoms with Gasteiger partial charge in [0.15, 0.2) is 5.82 Å². The van der Waals surface area contributed by atoms with Crippen LogP contribution in [0.5, 0.6) is 0 Å². The van der Waals surface area contributed by atoms with Crippen molar-refractivity contribution in [1.82, 2.24) is 14.7 Å². The number of nitrogens with one attached hydrogen (secondary N) is 2. The van der Waals surface area contributed by atoms with Crippen LogP contribution in [-0.4, -0.2) is 27.9 Å². The zero-order chi connectivity index (χ0) is 12.4. The third-order valence-corrected chi connectivity index (χ3v) is 4.27. The van der Waals surface area contributed by atoms with Crippen LogP contribution in [0.2, 0.25) is 0 Å². The third kappa shape index (κ3) is 2.43. The first kappa shape index (κ1) is 11.8. The molecular weight excluding hydrogens is 268 g/mol. The molecule has 1 atom stereocenters. The normalized spacial score (nSPS) is 19.0. The maximum atomic E-state index is 11.9. The molecule has 0 radical (unpaired) electrons. The Morgan fingerprint density at radius 2 is 2.50 bits per heavy atom. The molecule has 0 aromatic carbocycles. The highest BCUT2D eigenvalue weighted by atomic mass is 32.1. The van der Waals surface area contributed by atoms with Crippen LogP contribution in [0.1, 0.15) is 12.8 Å². The minimum atomic E-state index is -0.0842. The van der Waals surface area contributed by atoms with E-state index in [1.54, 1.807) is 11.3 Å². The molecule has 0 saturated carbocycles. The SMILES string of the molecule is O=C(Nc1nc(-c2cccs2)ns1)[C@H]1CCCN1. The van der Waals surface area contributed by atoms with E-state index in [9.17, 15) is 4.79 Å². The van der Waals surface area contributed by atoms with Gasteiger partial charge in [-0.15, -0.1) is 11.3 Å². The van der Waals surface area contributed by atoms with Crippen molar-refractivity contribution in [3.8, 4) is 10.7 Å². The number of thiophene rings is 1. The van der Waals surface area contributed by atoms with E-state index < -0.39 is 0 Å². The van der Waals surface area contributed by atoms with Crippen LogP contribution in [0.4, 0.5) is 5.13 Å². The van der Waals surface area contributed by atoms with E-state index in [-0.39, 0.29) is 11.9 Å². The second-order valence-corrected chi connectivity index (χ2v) is 5.74. The maximum Gasteiger partial charge on any atom is 0.243 e. The van der Waals surface area contributed by atoms with Crippen molar-refractivity contribution in [2.24, 2.45) is 0 Å². The Morgan fingerprint density at radius 3 is 3.22 bits per heavy atom. The van der Waals surface area contributed by atoms with Crippen molar-refractivity contribution in [1.29, 1.82) is 0 Å². The van der Waals surface area contributed by atoms with E-state index in [1.807, 2.05) is 17.5 Å². The molecule has 18 heavy (non-hydrogen) atoms. The lowest BCUT2D eigenvalue weighted by molar-refractivity contribution is -0.117. The molecule has 1 aliphatic rings. The molecular formula is C11H12N4OS2. The number of nitrogens with zero attached hydrogens (tertiary/aromatic N) is 2. The van der Waals surface area contributed by atoms with Crippen molar-refractivity contribution in [2.45, 2.75) is 18.9 Å². The van der Waals surface area contributed by atoms with Crippen molar-refractivity contribution in [3.63, 3.8) is 0 Å². The van der Waals surface area contributed by atoms with E-state index in [1.165, 1.54) is 11.5 Å². The topological polar surface area (TPSA) is 66.9 Å². The fourth-order valence-corrected chi connectivity index (χ4v) is 3.18. The summed E-state index contributed by atoms with van der Waals surface area (Å²) < 4.78 is 4.24. The summed E-state index contributed by atoms with van der Waals surface area (Å²) in [5, 5.41) is 8.52. The number of rotatable bonds is 3. The van der Waals surface area contributed by atoms with E-state index in [0.29, 0.717) is 11.0 Å². The summed E-state index contributed by atoms with van der Waals surface area (Å²) in [6.07, 6.45) is 1.94. The minimum Gasteiger partial charge on any atom is -0.306 e. The number of hydrogen-bond acceptors (Lipinski definition) is 6.